The quantitative estimate of drug-likeness (QED) is 0.917. The Bertz CT molecular complexity index is 627. The minimum Gasteiger partial charge on any atom is -0.478 e. The Labute approximate surface area is 125 Å². The molecular weight excluding hydrogens is 322 g/mol. The number of carbonyl (C=O) groups is 1. The van der Waals surface area contributed by atoms with Gasteiger partial charge in [0.1, 0.15) is 5.57 Å². The van der Waals surface area contributed by atoms with Crippen LogP contribution in [0.15, 0.2) is 51.0 Å². The Balaban J connectivity index is 2.60. The van der Waals surface area contributed by atoms with Gasteiger partial charge < -0.3 is 9.84 Å². The van der Waals surface area contributed by atoms with E-state index in [2.05, 4.69) is 20.9 Å². The molecule has 1 heterocycles. The minimum atomic E-state index is -1.01. The molecule has 0 atom stereocenters. The number of nitrogens with zero attached hydrogens (tertiary/aromatic N) is 1. The zero-order valence-corrected chi connectivity index (χ0v) is 12.8. The van der Waals surface area contributed by atoms with Crippen LogP contribution in [0.25, 0.3) is 5.76 Å². The molecule has 0 unspecified atom stereocenters. The number of aliphatic imine (C=N–C) groups is 1. The lowest BCUT2D eigenvalue weighted by molar-refractivity contribution is -0.132. The highest BCUT2D eigenvalue weighted by Crippen LogP contribution is 2.34. The van der Waals surface area contributed by atoms with E-state index in [-0.39, 0.29) is 5.57 Å². The first-order chi connectivity index (χ1) is 9.58. The normalized spacial score (nSPS) is 18.8. The van der Waals surface area contributed by atoms with Crippen molar-refractivity contribution in [2.24, 2.45) is 4.99 Å². The van der Waals surface area contributed by atoms with Gasteiger partial charge >= 0.3 is 5.97 Å². The Morgan fingerprint density at radius 3 is 2.55 bits per heavy atom. The lowest BCUT2D eigenvalue weighted by Gasteiger charge is -2.04. The molecule has 0 amide bonds. The maximum atomic E-state index is 11.6. The molecule has 1 aliphatic heterocycles. The van der Waals surface area contributed by atoms with Gasteiger partial charge in [0, 0.05) is 17.1 Å². The van der Waals surface area contributed by atoms with Crippen LogP contribution in [0.2, 0.25) is 0 Å². The first-order valence-corrected chi connectivity index (χ1v) is 6.96. The number of halogens is 1. The first-order valence-electron chi connectivity index (χ1n) is 6.17. The highest BCUT2D eigenvalue weighted by atomic mass is 79.9. The standard InChI is InChI=1S/C15H14BrNO3/c1-3-4-11-12(15(18)19)13(20-14(11)17-2)9-5-7-10(16)8-6-9/h4-8H,3H2,1-2H3,(H,18,19)/b11-4-,17-14?. The molecule has 0 saturated carbocycles. The first kappa shape index (κ1) is 14.5. The number of aliphatic carboxylic acids is 1. The smallest absolute Gasteiger partial charge is 0.340 e. The van der Waals surface area contributed by atoms with E-state index in [9.17, 15) is 9.90 Å². The van der Waals surface area contributed by atoms with Gasteiger partial charge in [-0.1, -0.05) is 41.1 Å². The van der Waals surface area contributed by atoms with E-state index in [4.69, 9.17) is 4.74 Å². The maximum absolute atomic E-state index is 11.6. The molecule has 1 aromatic carbocycles. The van der Waals surface area contributed by atoms with Crippen LogP contribution in [0.1, 0.15) is 18.9 Å². The fourth-order valence-electron chi connectivity index (χ4n) is 2.01. The number of allylic oxidation sites excluding steroid dienone is 1. The second-order valence-electron chi connectivity index (χ2n) is 4.17. The molecule has 1 aliphatic rings. The van der Waals surface area contributed by atoms with Crippen molar-refractivity contribution in [1.29, 1.82) is 0 Å². The Hall–Kier alpha value is -1.88. The second kappa shape index (κ2) is 6.05. The van der Waals surface area contributed by atoms with E-state index in [1.807, 2.05) is 37.3 Å². The highest BCUT2D eigenvalue weighted by Gasteiger charge is 2.33. The summed E-state index contributed by atoms with van der Waals surface area (Å²) < 4.78 is 6.56. The number of rotatable bonds is 3. The Morgan fingerprint density at radius 1 is 1.40 bits per heavy atom. The monoisotopic (exact) mass is 335 g/mol. The minimum absolute atomic E-state index is 0.162. The van der Waals surface area contributed by atoms with Crippen LogP contribution in [0.4, 0.5) is 0 Å². The number of carboxylic acids is 1. The molecule has 0 spiro atoms. The molecular formula is C15H14BrNO3. The third-order valence-corrected chi connectivity index (χ3v) is 3.39. The van der Waals surface area contributed by atoms with Crippen molar-refractivity contribution in [1.82, 2.24) is 0 Å². The summed E-state index contributed by atoms with van der Waals surface area (Å²) >= 11 is 3.35. The van der Waals surface area contributed by atoms with Gasteiger partial charge in [0.15, 0.2) is 5.76 Å². The molecule has 2 rings (SSSR count). The van der Waals surface area contributed by atoms with Crippen LogP contribution in [0.3, 0.4) is 0 Å². The number of carboxylic acid groups (broad SMARTS) is 1. The fraction of sp³-hybridized carbons (Fsp3) is 0.200. The average Bonchev–Trinajstić information content (AvgIpc) is 2.79. The van der Waals surface area contributed by atoms with E-state index in [0.29, 0.717) is 29.2 Å². The molecule has 0 saturated heterocycles. The summed E-state index contributed by atoms with van der Waals surface area (Å²) in [7, 11) is 1.59. The van der Waals surface area contributed by atoms with Crippen LogP contribution >= 0.6 is 15.9 Å². The van der Waals surface area contributed by atoms with Crippen molar-refractivity contribution in [2.75, 3.05) is 7.05 Å². The molecule has 20 heavy (non-hydrogen) atoms. The zero-order chi connectivity index (χ0) is 14.7. The van der Waals surface area contributed by atoms with Crippen molar-refractivity contribution in [3.8, 4) is 0 Å². The molecule has 0 aliphatic carbocycles. The maximum Gasteiger partial charge on any atom is 0.340 e. The van der Waals surface area contributed by atoms with Gasteiger partial charge in [0.05, 0.1) is 5.57 Å². The summed E-state index contributed by atoms with van der Waals surface area (Å²) in [5.41, 5.74) is 1.42. The van der Waals surface area contributed by atoms with Gasteiger partial charge in [-0.25, -0.2) is 4.79 Å². The topological polar surface area (TPSA) is 58.9 Å². The van der Waals surface area contributed by atoms with E-state index < -0.39 is 5.97 Å². The molecule has 0 radical (unpaired) electrons. The molecule has 104 valence electrons. The predicted molar refractivity (Wildman–Crippen MR) is 81.5 cm³/mol. The number of benzene rings is 1. The van der Waals surface area contributed by atoms with Gasteiger partial charge in [-0.2, -0.15) is 0 Å². The van der Waals surface area contributed by atoms with Crippen LogP contribution in [0, 0.1) is 0 Å². The molecule has 1 N–H and O–H groups in total. The van der Waals surface area contributed by atoms with Crippen molar-refractivity contribution >= 4 is 33.6 Å². The molecule has 0 aromatic heterocycles. The lowest BCUT2D eigenvalue weighted by atomic mass is 10.0. The van der Waals surface area contributed by atoms with E-state index in [0.717, 1.165) is 4.47 Å². The van der Waals surface area contributed by atoms with Gasteiger partial charge in [-0.15, -0.1) is 0 Å². The summed E-state index contributed by atoms with van der Waals surface area (Å²) in [6.07, 6.45) is 2.53. The molecule has 0 fully saturated rings. The highest BCUT2D eigenvalue weighted by molar-refractivity contribution is 9.10. The fourth-order valence-corrected chi connectivity index (χ4v) is 2.27. The van der Waals surface area contributed by atoms with Crippen molar-refractivity contribution in [3.63, 3.8) is 0 Å². The van der Waals surface area contributed by atoms with Crippen LogP contribution in [0.5, 0.6) is 0 Å². The summed E-state index contributed by atoms with van der Waals surface area (Å²) in [5, 5.41) is 9.47. The average molecular weight is 336 g/mol. The van der Waals surface area contributed by atoms with Crippen LogP contribution in [-0.4, -0.2) is 24.0 Å². The Morgan fingerprint density at radius 2 is 2.05 bits per heavy atom. The second-order valence-corrected chi connectivity index (χ2v) is 5.09. The zero-order valence-electron chi connectivity index (χ0n) is 11.2. The summed E-state index contributed by atoms with van der Waals surface area (Å²) in [5.74, 6) is -0.325. The largest absolute Gasteiger partial charge is 0.478 e. The van der Waals surface area contributed by atoms with Crippen molar-refractivity contribution in [2.45, 2.75) is 13.3 Å². The van der Waals surface area contributed by atoms with Crippen molar-refractivity contribution < 1.29 is 14.6 Å². The lowest BCUT2D eigenvalue weighted by Crippen LogP contribution is -2.05. The molecule has 1 aromatic rings. The number of hydrogen-bond donors (Lipinski definition) is 1. The van der Waals surface area contributed by atoms with E-state index in [1.165, 1.54) is 0 Å². The van der Waals surface area contributed by atoms with Crippen LogP contribution < -0.4 is 0 Å². The number of ether oxygens (including phenoxy) is 1. The molecule has 5 heteroatoms. The predicted octanol–water partition coefficient (Wildman–Crippen LogP) is 3.64. The third kappa shape index (κ3) is 2.67. The molecule has 4 nitrogen and oxygen atoms in total. The summed E-state index contributed by atoms with van der Waals surface area (Å²) in [6.45, 7) is 1.94. The summed E-state index contributed by atoms with van der Waals surface area (Å²) in [4.78, 5) is 15.6. The Kier molecular flexibility index (Phi) is 4.39. The van der Waals surface area contributed by atoms with Gasteiger partial charge in [-0.3, -0.25) is 4.99 Å². The van der Waals surface area contributed by atoms with Gasteiger partial charge in [-0.05, 0) is 18.6 Å². The number of hydrogen-bond acceptors (Lipinski definition) is 3. The van der Waals surface area contributed by atoms with Gasteiger partial charge in [0.2, 0.25) is 5.90 Å². The van der Waals surface area contributed by atoms with E-state index in [1.54, 1.807) is 7.05 Å². The van der Waals surface area contributed by atoms with E-state index >= 15 is 0 Å². The SMILES string of the molecule is CC/C=C1\C(=NC)OC(c2ccc(Br)cc2)=C1C(=O)O. The third-order valence-electron chi connectivity index (χ3n) is 2.86. The summed E-state index contributed by atoms with van der Waals surface area (Å²) in [6, 6.07) is 7.31. The van der Waals surface area contributed by atoms with Crippen molar-refractivity contribution in [3.05, 3.63) is 51.5 Å². The molecule has 0 bridgehead atoms. The van der Waals surface area contributed by atoms with Crippen LogP contribution in [-0.2, 0) is 9.53 Å². The van der Waals surface area contributed by atoms with Gasteiger partial charge in [0.25, 0.3) is 0 Å².